The smallest absolute Gasteiger partial charge is 0.321 e. The van der Waals surface area contributed by atoms with E-state index in [0.29, 0.717) is 30.5 Å². The number of rotatable bonds is 3. The van der Waals surface area contributed by atoms with Gasteiger partial charge in [0.1, 0.15) is 0 Å². The molecule has 2 aromatic rings. The third-order valence-electron chi connectivity index (χ3n) is 6.59. The van der Waals surface area contributed by atoms with Crippen LogP contribution in [0.5, 0.6) is 0 Å². The second-order valence-electron chi connectivity index (χ2n) is 8.28. The molecule has 3 aliphatic heterocycles. The molecule has 2 aromatic carbocycles. The minimum absolute atomic E-state index is 0. The topological polar surface area (TPSA) is 64.7 Å². The Labute approximate surface area is 183 Å². The molecular formula is C23H27ClN4O2. The molecule has 2 N–H and O–H groups in total. The van der Waals surface area contributed by atoms with E-state index in [-0.39, 0.29) is 30.4 Å². The third-order valence-corrected chi connectivity index (χ3v) is 6.59. The van der Waals surface area contributed by atoms with Crippen molar-refractivity contribution in [2.45, 2.75) is 13.0 Å². The molecule has 7 heteroatoms. The fourth-order valence-electron chi connectivity index (χ4n) is 5.14. The van der Waals surface area contributed by atoms with Gasteiger partial charge in [-0.05, 0) is 42.2 Å². The predicted molar refractivity (Wildman–Crippen MR) is 119 cm³/mol. The largest absolute Gasteiger partial charge is 0.336 e. The van der Waals surface area contributed by atoms with Gasteiger partial charge >= 0.3 is 6.03 Å². The highest BCUT2D eigenvalue weighted by Gasteiger charge is 2.47. The van der Waals surface area contributed by atoms with E-state index in [9.17, 15) is 9.59 Å². The number of fused-ring (bicyclic) bond motifs is 1. The summed E-state index contributed by atoms with van der Waals surface area (Å²) >= 11 is 0. The summed E-state index contributed by atoms with van der Waals surface area (Å²) in [7, 11) is 0. The zero-order chi connectivity index (χ0) is 20.0. The predicted octanol–water partition coefficient (Wildman–Crippen LogP) is 2.98. The normalized spacial score (nSPS) is 25.1. The molecule has 0 radical (unpaired) electrons. The molecule has 3 aliphatic rings. The van der Waals surface area contributed by atoms with E-state index in [0.717, 1.165) is 25.3 Å². The summed E-state index contributed by atoms with van der Waals surface area (Å²) < 4.78 is 0. The van der Waals surface area contributed by atoms with Gasteiger partial charge in [0, 0.05) is 49.9 Å². The van der Waals surface area contributed by atoms with Crippen LogP contribution in [-0.4, -0.2) is 49.6 Å². The van der Waals surface area contributed by atoms with Crippen LogP contribution in [0.4, 0.5) is 10.5 Å². The van der Waals surface area contributed by atoms with E-state index < -0.39 is 0 Å². The molecule has 6 nitrogen and oxygen atoms in total. The molecule has 0 saturated carbocycles. The van der Waals surface area contributed by atoms with Crippen molar-refractivity contribution in [1.82, 2.24) is 15.5 Å². The van der Waals surface area contributed by atoms with E-state index >= 15 is 0 Å². The summed E-state index contributed by atoms with van der Waals surface area (Å²) in [5, 5.41) is 6.32. The van der Waals surface area contributed by atoms with Gasteiger partial charge in [0.05, 0.1) is 6.04 Å². The standard InChI is InChI=1S/C23H26N4O2.ClH/c1-15-5-2-3-8-19(15)21-20-13-24-12-17(20)14-27(21)22(28)16-6-4-7-18(11-16)26-10-9-25-23(26)29;/h2-8,11,17,20-21,24H,9-10,12-14H2,1H3,(H,25,29);1H/t17-,20-,21+;/m0./s1. The number of hydrogen-bond donors (Lipinski definition) is 2. The summed E-state index contributed by atoms with van der Waals surface area (Å²) in [6, 6.07) is 15.9. The first-order valence-electron chi connectivity index (χ1n) is 10.4. The monoisotopic (exact) mass is 426 g/mol. The van der Waals surface area contributed by atoms with Gasteiger partial charge in [0.15, 0.2) is 0 Å². The average molecular weight is 427 g/mol. The number of nitrogens with zero attached hydrogens (tertiary/aromatic N) is 2. The summed E-state index contributed by atoms with van der Waals surface area (Å²) in [6.07, 6.45) is 0. The van der Waals surface area contributed by atoms with E-state index in [1.54, 1.807) is 4.90 Å². The number of nitrogens with one attached hydrogen (secondary N) is 2. The number of hydrogen-bond acceptors (Lipinski definition) is 3. The second-order valence-corrected chi connectivity index (χ2v) is 8.28. The summed E-state index contributed by atoms with van der Waals surface area (Å²) in [5.74, 6) is 0.970. The lowest BCUT2D eigenvalue weighted by atomic mass is 9.87. The van der Waals surface area contributed by atoms with Crippen molar-refractivity contribution < 1.29 is 9.59 Å². The lowest BCUT2D eigenvalue weighted by molar-refractivity contribution is 0.0713. The third kappa shape index (κ3) is 3.44. The Morgan fingerprint density at radius 1 is 1.10 bits per heavy atom. The highest BCUT2D eigenvalue weighted by molar-refractivity contribution is 5.98. The van der Waals surface area contributed by atoms with Crippen LogP contribution in [0.2, 0.25) is 0 Å². The van der Waals surface area contributed by atoms with E-state index in [1.807, 2.05) is 24.3 Å². The maximum absolute atomic E-state index is 13.6. The highest BCUT2D eigenvalue weighted by Crippen LogP contribution is 2.44. The Kier molecular flexibility index (Phi) is 5.71. The first kappa shape index (κ1) is 20.7. The first-order valence-corrected chi connectivity index (χ1v) is 10.4. The minimum Gasteiger partial charge on any atom is -0.336 e. The molecular weight excluding hydrogens is 400 g/mol. The number of carbonyl (C=O) groups is 2. The van der Waals surface area contributed by atoms with Crippen LogP contribution in [-0.2, 0) is 0 Å². The Hall–Kier alpha value is -2.57. The molecule has 3 amide bonds. The molecule has 3 atom stereocenters. The van der Waals surface area contributed by atoms with Crippen LogP contribution in [0.1, 0.15) is 27.5 Å². The van der Waals surface area contributed by atoms with Crippen LogP contribution in [0.3, 0.4) is 0 Å². The zero-order valence-electron chi connectivity index (χ0n) is 17.0. The molecule has 3 saturated heterocycles. The van der Waals surface area contributed by atoms with Crippen LogP contribution in [0.15, 0.2) is 48.5 Å². The lowest BCUT2D eigenvalue weighted by Gasteiger charge is -2.30. The lowest BCUT2D eigenvalue weighted by Crippen LogP contribution is -2.35. The molecule has 3 heterocycles. The molecule has 3 fully saturated rings. The number of amides is 3. The number of halogens is 1. The van der Waals surface area contributed by atoms with Gasteiger partial charge in [-0.1, -0.05) is 30.3 Å². The van der Waals surface area contributed by atoms with Crippen molar-refractivity contribution in [2.75, 3.05) is 37.6 Å². The molecule has 0 spiro atoms. The van der Waals surface area contributed by atoms with Crippen LogP contribution < -0.4 is 15.5 Å². The van der Waals surface area contributed by atoms with Crippen molar-refractivity contribution in [2.24, 2.45) is 11.8 Å². The van der Waals surface area contributed by atoms with Gasteiger partial charge in [-0.25, -0.2) is 4.79 Å². The van der Waals surface area contributed by atoms with E-state index in [2.05, 4.69) is 46.7 Å². The summed E-state index contributed by atoms with van der Waals surface area (Å²) in [6.45, 7) is 6.06. The highest BCUT2D eigenvalue weighted by atomic mass is 35.5. The molecule has 0 aliphatic carbocycles. The molecule has 0 unspecified atom stereocenters. The van der Waals surface area contributed by atoms with E-state index in [4.69, 9.17) is 0 Å². The van der Waals surface area contributed by atoms with E-state index in [1.165, 1.54) is 11.1 Å². The van der Waals surface area contributed by atoms with Gasteiger partial charge in [-0.3, -0.25) is 9.69 Å². The second kappa shape index (κ2) is 8.28. The summed E-state index contributed by atoms with van der Waals surface area (Å²) in [4.78, 5) is 29.4. The fourth-order valence-corrected chi connectivity index (χ4v) is 5.14. The Balaban J connectivity index is 0.00000218. The molecule has 5 rings (SSSR count). The number of anilines is 1. The van der Waals surface area contributed by atoms with Gasteiger partial charge in [0.25, 0.3) is 5.91 Å². The Morgan fingerprint density at radius 2 is 1.93 bits per heavy atom. The van der Waals surface area contributed by atoms with Crippen LogP contribution >= 0.6 is 12.4 Å². The fraction of sp³-hybridized carbons (Fsp3) is 0.391. The average Bonchev–Trinajstić information content (AvgIpc) is 3.44. The van der Waals surface area contributed by atoms with Crippen molar-refractivity contribution in [3.63, 3.8) is 0 Å². The zero-order valence-corrected chi connectivity index (χ0v) is 17.8. The van der Waals surface area contributed by atoms with Crippen LogP contribution in [0, 0.1) is 18.8 Å². The van der Waals surface area contributed by atoms with Crippen molar-refractivity contribution >= 4 is 30.0 Å². The Morgan fingerprint density at radius 3 is 2.70 bits per heavy atom. The van der Waals surface area contributed by atoms with Gasteiger partial charge < -0.3 is 15.5 Å². The van der Waals surface area contributed by atoms with Gasteiger partial charge in [-0.15, -0.1) is 12.4 Å². The van der Waals surface area contributed by atoms with Crippen LogP contribution in [0.25, 0.3) is 0 Å². The maximum Gasteiger partial charge on any atom is 0.321 e. The van der Waals surface area contributed by atoms with Gasteiger partial charge in [0.2, 0.25) is 0 Å². The minimum atomic E-state index is -0.103. The molecule has 158 valence electrons. The van der Waals surface area contributed by atoms with Crippen molar-refractivity contribution in [3.05, 3.63) is 65.2 Å². The SMILES string of the molecule is Cc1ccccc1[C@@H]1[C@H]2CNC[C@H]2CN1C(=O)c1cccc(N2CCNC2=O)c1.Cl. The quantitative estimate of drug-likeness (QED) is 0.793. The number of likely N-dealkylation sites (tertiary alicyclic amines) is 1. The summed E-state index contributed by atoms with van der Waals surface area (Å²) in [5.41, 5.74) is 3.89. The van der Waals surface area contributed by atoms with Gasteiger partial charge in [-0.2, -0.15) is 0 Å². The number of aryl methyl sites for hydroxylation is 1. The maximum atomic E-state index is 13.6. The molecule has 30 heavy (non-hydrogen) atoms. The number of urea groups is 1. The number of carbonyl (C=O) groups excluding carboxylic acids is 2. The first-order chi connectivity index (χ1) is 14.1. The van der Waals surface area contributed by atoms with Crippen molar-refractivity contribution in [1.29, 1.82) is 0 Å². The van der Waals surface area contributed by atoms with Crippen molar-refractivity contribution in [3.8, 4) is 0 Å². The number of benzene rings is 2. The molecule has 0 bridgehead atoms. The molecule has 0 aromatic heterocycles. The Bertz CT molecular complexity index is 966.